The highest BCUT2D eigenvalue weighted by Crippen LogP contribution is 2.36. The van der Waals surface area contributed by atoms with Crippen LogP contribution in [0.5, 0.6) is 5.75 Å². The minimum atomic E-state index is -1.06. The van der Waals surface area contributed by atoms with Gasteiger partial charge in [0.15, 0.2) is 6.61 Å². The lowest BCUT2D eigenvalue weighted by Crippen LogP contribution is -2.45. The van der Waals surface area contributed by atoms with Gasteiger partial charge in [-0.1, -0.05) is 30.4 Å². The van der Waals surface area contributed by atoms with Gasteiger partial charge < -0.3 is 14.8 Å². The second-order valence-electron chi connectivity index (χ2n) is 7.40. The summed E-state index contributed by atoms with van der Waals surface area (Å²) in [4.78, 5) is 50.4. The number of carbonyl (C=O) groups is 4. The van der Waals surface area contributed by atoms with Gasteiger partial charge in [0, 0.05) is 6.54 Å². The molecule has 1 aliphatic heterocycles. The normalized spacial score (nSPS) is 21.2. The third kappa shape index (κ3) is 4.53. The van der Waals surface area contributed by atoms with E-state index in [0.717, 1.165) is 16.2 Å². The summed E-state index contributed by atoms with van der Waals surface area (Å²) in [6, 6.07) is 6.44. The molecule has 1 aliphatic carbocycles. The Bertz CT molecular complexity index is 839. The lowest BCUT2D eigenvalue weighted by molar-refractivity contribution is -0.159. The van der Waals surface area contributed by atoms with Crippen LogP contribution in [0.25, 0.3) is 0 Å². The predicted molar refractivity (Wildman–Crippen MR) is 107 cm³/mol. The summed E-state index contributed by atoms with van der Waals surface area (Å²) in [6.45, 7) is 1.33. The Morgan fingerprint density at radius 3 is 2.40 bits per heavy atom. The molecule has 30 heavy (non-hydrogen) atoms. The van der Waals surface area contributed by atoms with Gasteiger partial charge in [0.05, 0.1) is 18.9 Å². The highest BCUT2D eigenvalue weighted by molar-refractivity contribution is 6.08. The van der Waals surface area contributed by atoms with E-state index in [1.807, 2.05) is 36.4 Å². The molecular formula is C22H26N2O6. The second-order valence-corrected chi connectivity index (χ2v) is 7.40. The first-order chi connectivity index (χ1) is 14.4. The van der Waals surface area contributed by atoms with E-state index in [9.17, 15) is 19.2 Å². The fourth-order valence-corrected chi connectivity index (χ4v) is 3.87. The van der Waals surface area contributed by atoms with Gasteiger partial charge in [-0.2, -0.15) is 0 Å². The van der Waals surface area contributed by atoms with Crippen molar-refractivity contribution in [1.82, 2.24) is 10.2 Å². The molecule has 0 unspecified atom stereocenters. The minimum Gasteiger partial charge on any atom is -0.496 e. The van der Waals surface area contributed by atoms with Crippen molar-refractivity contribution in [3.05, 3.63) is 42.0 Å². The Labute approximate surface area is 175 Å². The summed E-state index contributed by atoms with van der Waals surface area (Å²) in [5, 5.41) is 2.68. The molecule has 0 spiro atoms. The van der Waals surface area contributed by atoms with Gasteiger partial charge in [0.2, 0.25) is 11.8 Å². The van der Waals surface area contributed by atoms with E-state index in [-0.39, 0.29) is 11.8 Å². The van der Waals surface area contributed by atoms with E-state index in [1.54, 1.807) is 7.11 Å². The van der Waals surface area contributed by atoms with Crippen LogP contribution >= 0.6 is 0 Å². The largest absolute Gasteiger partial charge is 0.496 e. The number of ether oxygens (including phenoxy) is 2. The average Bonchev–Trinajstić information content (AvgIpc) is 3.02. The number of methoxy groups -OCH3 is 1. The van der Waals surface area contributed by atoms with Crippen LogP contribution < -0.4 is 10.1 Å². The number of hydrogen-bond donors (Lipinski definition) is 1. The summed E-state index contributed by atoms with van der Waals surface area (Å²) in [6.07, 6.45) is 5.33. The smallest absolute Gasteiger partial charge is 0.329 e. The van der Waals surface area contributed by atoms with Gasteiger partial charge in [0.25, 0.3) is 5.91 Å². The van der Waals surface area contributed by atoms with Crippen LogP contribution in [0.3, 0.4) is 0 Å². The van der Waals surface area contributed by atoms with Crippen molar-refractivity contribution in [2.45, 2.75) is 32.2 Å². The van der Waals surface area contributed by atoms with Crippen molar-refractivity contribution in [2.75, 3.05) is 20.3 Å². The number of fused-ring (bicyclic) bond motifs is 1. The summed E-state index contributed by atoms with van der Waals surface area (Å²) >= 11 is 0. The molecule has 0 saturated carbocycles. The molecule has 1 heterocycles. The molecule has 3 atom stereocenters. The van der Waals surface area contributed by atoms with Gasteiger partial charge in [0.1, 0.15) is 11.8 Å². The molecule has 1 N–H and O–H groups in total. The number of hydrogen-bond acceptors (Lipinski definition) is 6. The summed E-state index contributed by atoms with van der Waals surface area (Å²) in [5.41, 5.74) is 0.952. The fraction of sp³-hybridized carbons (Fsp3) is 0.455. The van der Waals surface area contributed by atoms with Crippen LogP contribution in [0, 0.1) is 11.8 Å². The molecule has 160 valence electrons. The van der Waals surface area contributed by atoms with Crippen LogP contribution in [0.2, 0.25) is 0 Å². The van der Waals surface area contributed by atoms with Crippen LogP contribution in [-0.2, 0) is 30.3 Å². The van der Waals surface area contributed by atoms with E-state index in [0.29, 0.717) is 25.8 Å². The second kappa shape index (κ2) is 9.56. The zero-order valence-electron chi connectivity index (χ0n) is 17.1. The fourth-order valence-electron chi connectivity index (χ4n) is 3.87. The van der Waals surface area contributed by atoms with Crippen LogP contribution in [0.15, 0.2) is 36.4 Å². The van der Waals surface area contributed by atoms with E-state index in [2.05, 4.69) is 5.32 Å². The van der Waals surface area contributed by atoms with Crippen molar-refractivity contribution in [3.8, 4) is 5.75 Å². The Balaban J connectivity index is 1.45. The molecule has 3 amide bonds. The number of imide groups is 1. The van der Waals surface area contributed by atoms with Crippen LogP contribution in [0.4, 0.5) is 0 Å². The SMILES string of the molecule is COc1ccccc1CCNC(=O)COC(=O)[C@H](C)N1C(=O)[C@H]2CC=CC[C@@H]2C1=O. The van der Waals surface area contributed by atoms with Gasteiger partial charge >= 0.3 is 5.97 Å². The number of likely N-dealkylation sites (tertiary alicyclic amines) is 1. The van der Waals surface area contributed by atoms with Gasteiger partial charge in [-0.05, 0) is 37.8 Å². The monoisotopic (exact) mass is 414 g/mol. The maximum Gasteiger partial charge on any atom is 0.329 e. The Hall–Kier alpha value is -3.16. The number of benzene rings is 1. The highest BCUT2D eigenvalue weighted by Gasteiger charge is 2.50. The standard InChI is InChI=1S/C22H26N2O6/c1-14(24-20(26)16-8-4-5-9-17(16)21(24)27)22(28)30-13-19(25)23-12-11-15-7-3-6-10-18(15)29-2/h3-7,10,14,16-17H,8-9,11-13H2,1-2H3,(H,23,25)/t14-,16-,17-/m0/s1. The average molecular weight is 414 g/mol. The van der Waals surface area contributed by atoms with Crippen LogP contribution in [0.1, 0.15) is 25.3 Å². The summed E-state index contributed by atoms with van der Waals surface area (Å²) < 4.78 is 10.3. The number of carbonyl (C=O) groups excluding carboxylic acids is 4. The molecule has 1 aromatic rings. The van der Waals surface area contributed by atoms with E-state index in [1.165, 1.54) is 6.92 Å². The molecule has 0 radical (unpaired) electrons. The Kier molecular flexibility index (Phi) is 6.87. The van der Waals surface area contributed by atoms with Crippen molar-refractivity contribution in [3.63, 3.8) is 0 Å². The van der Waals surface area contributed by atoms with Gasteiger partial charge in [-0.3, -0.25) is 19.3 Å². The van der Waals surface area contributed by atoms with Crippen molar-refractivity contribution in [1.29, 1.82) is 0 Å². The summed E-state index contributed by atoms with van der Waals surface area (Å²) in [5.74, 6) is -2.00. The first-order valence-corrected chi connectivity index (χ1v) is 10.0. The lowest BCUT2D eigenvalue weighted by Gasteiger charge is -2.21. The quantitative estimate of drug-likeness (QED) is 0.390. The lowest BCUT2D eigenvalue weighted by atomic mass is 9.85. The highest BCUT2D eigenvalue weighted by atomic mass is 16.5. The van der Waals surface area contributed by atoms with E-state index in [4.69, 9.17) is 9.47 Å². The molecule has 8 heteroatoms. The van der Waals surface area contributed by atoms with Gasteiger partial charge in [-0.15, -0.1) is 0 Å². The molecule has 0 bridgehead atoms. The van der Waals surface area contributed by atoms with Gasteiger partial charge in [-0.25, -0.2) is 4.79 Å². The summed E-state index contributed by atoms with van der Waals surface area (Å²) in [7, 11) is 1.58. The first-order valence-electron chi connectivity index (χ1n) is 10.0. The van der Waals surface area contributed by atoms with Crippen molar-refractivity contribution >= 4 is 23.7 Å². The Morgan fingerprint density at radius 1 is 1.13 bits per heavy atom. The van der Waals surface area contributed by atoms with Crippen molar-refractivity contribution < 1.29 is 28.7 Å². The molecule has 1 saturated heterocycles. The number of para-hydroxylation sites is 1. The Morgan fingerprint density at radius 2 is 1.77 bits per heavy atom. The van der Waals surface area contributed by atoms with E-state index >= 15 is 0 Å². The molecule has 2 aliphatic rings. The third-order valence-electron chi connectivity index (χ3n) is 5.52. The number of nitrogens with zero attached hydrogens (tertiary/aromatic N) is 1. The topological polar surface area (TPSA) is 102 Å². The molecule has 3 rings (SSSR count). The minimum absolute atomic E-state index is 0.347. The maximum absolute atomic E-state index is 12.5. The number of amides is 3. The zero-order valence-corrected chi connectivity index (χ0v) is 17.1. The molecule has 0 aromatic heterocycles. The zero-order chi connectivity index (χ0) is 21.7. The molecule has 1 aromatic carbocycles. The third-order valence-corrected chi connectivity index (χ3v) is 5.52. The number of esters is 1. The van der Waals surface area contributed by atoms with Crippen molar-refractivity contribution in [2.24, 2.45) is 11.8 Å². The maximum atomic E-state index is 12.5. The molecule has 1 fully saturated rings. The van der Waals surface area contributed by atoms with E-state index < -0.39 is 36.4 Å². The number of rotatable bonds is 8. The molecular weight excluding hydrogens is 388 g/mol. The number of nitrogens with one attached hydrogen (secondary N) is 1. The first kappa shape index (κ1) is 21.5. The molecule has 8 nitrogen and oxygen atoms in total. The van der Waals surface area contributed by atoms with Crippen LogP contribution in [-0.4, -0.2) is 54.9 Å². The predicted octanol–water partition coefficient (Wildman–Crippen LogP) is 1.24. The number of allylic oxidation sites excluding steroid dienone is 2.